The van der Waals surface area contributed by atoms with E-state index in [4.69, 9.17) is 14.5 Å². The van der Waals surface area contributed by atoms with Gasteiger partial charge in [-0.1, -0.05) is 12.1 Å². The Hall–Kier alpha value is -3.13. The van der Waals surface area contributed by atoms with Gasteiger partial charge in [0.1, 0.15) is 23.8 Å². The average Bonchev–Trinajstić information content (AvgIpc) is 3.36. The van der Waals surface area contributed by atoms with Gasteiger partial charge in [-0.05, 0) is 63.9 Å². The van der Waals surface area contributed by atoms with Gasteiger partial charge < -0.3 is 9.47 Å². The number of carbonyl (C=O) groups excluding carboxylic acids is 1. The van der Waals surface area contributed by atoms with E-state index >= 15 is 0 Å². The Kier molecular flexibility index (Phi) is 5.25. The van der Waals surface area contributed by atoms with Gasteiger partial charge in [0.05, 0.1) is 6.20 Å². The Morgan fingerprint density at radius 1 is 1.22 bits per heavy atom. The van der Waals surface area contributed by atoms with Crippen LogP contribution in [0.15, 0.2) is 42.7 Å². The van der Waals surface area contributed by atoms with Crippen molar-refractivity contribution in [2.45, 2.75) is 45.3 Å². The van der Waals surface area contributed by atoms with Crippen molar-refractivity contribution < 1.29 is 14.3 Å². The first-order valence-corrected chi connectivity index (χ1v) is 11.2. The van der Waals surface area contributed by atoms with Crippen molar-refractivity contribution in [1.82, 2.24) is 19.5 Å². The molecule has 8 nitrogen and oxygen atoms in total. The normalized spacial score (nSPS) is 19.5. The highest BCUT2D eigenvalue weighted by atomic mass is 16.6. The summed E-state index contributed by atoms with van der Waals surface area (Å²) in [5.74, 6) is 1.41. The number of anilines is 1. The summed E-state index contributed by atoms with van der Waals surface area (Å²) in [6.07, 6.45) is 5.38. The van der Waals surface area contributed by atoms with E-state index in [2.05, 4.69) is 10.00 Å². The zero-order valence-corrected chi connectivity index (χ0v) is 18.8. The van der Waals surface area contributed by atoms with Gasteiger partial charge in [-0.2, -0.15) is 5.10 Å². The van der Waals surface area contributed by atoms with Crippen LogP contribution in [-0.2, 0) is 4.74 Å². The molecule has 0 saturated carbocycles. The van der Waals surface area contributed by atoms with Crippen LogP contribution in [0.25, 0.3) is 16.8 Å². The van der Waals surface area contributed by atoms with E-state index in [0.717, 1.165) is 42.8 Å². The van der Waals surface area contributed by atoms with Crippen LogP contribution >= 0.6 is 0 Å². The van der Waals surface area contributed by atoms with Gasteiger partial charge in [-0.3, -0.25) is 9.80 Å². The number of benzene rings is 1. The maximum Gasteiger partial charge on any atom is 0.416 e. The second-order valence-electron chi connectivity index (χ2n) is 9.41. The minimum atomic E-state index is -0.592. The predicted octanol–water partition coefficient (Wildman–Crippen LogP) is 3.99. The minimum absolute atomic E-state index is 0.225. The van der Waals surface area contributed by atoms with Crippen LogP contribution in [0.1, 0.15) is 33.6 Å². The number of fused-ring (bicyclic) bond motifs is 5. The van der Waals surface area contributed by atoms with Crippen molar-refractivity contribution >= 4 is 17.6 Å². The van der Waals surface area contributed by atoms with Crippen LogP contribution in [0.2, 0.25) is 0 Å². The second-order valence-corrected chi connectivity index (χ2v) is 9.41. The van der Waals surface area contributed by atoms with E-state index in [0.29, 0.717) is 24.6 Å². The van der Waals surface area contributed by atoms with Gasteiger partial charge in [0, 0.05) is 30.9 Å². The summed E-state index contributed by atoms with van der Waals surface area (Å²) >= 11 is 0. The Labute approximate surface area is 187 Å². The van der Waals surface area contributed by atoms with Crippen LogP contribution in [0, 0.1) is 0 Å². The number of aromatic nitrogens is 3. The second kappa shape index (κ2) is 8.09. The SMILES string of the molecule is CC(C)(C)OC(=O)N1CC2CCCN2CCOc2cccc(c2)-c2cnn3ccc1nc23. The molecule has 2 aliphatic rings. The molecule has 1 amide bonds. The molecule has 32 heavy (non-hydrogen) atoms. The molecular formula is C24H29N5O3. The maximum absolute atomic E-state index is 13.2. The lowest BCUT2D eigenvalue weighted by Gasteiger charge is -2.32. The van der Waals surface area contributed by atoms with Crippen LogP contribution in [0.3, 0.4) is 0 Å². The summed E-state index contributed by atoms with van der Waals surface area (Å²) in [5.41, 5.74) is 1.96. The third kappa shape index (κ3) is 4.14. The first kappa shape index (κ1) is 20.8. The molecule has 3 aromatic rings. The van der Waals surface area contributed by atoms with Crippen molar-refractivity contribution in [1.29, 1.82) is 0 Å². The van der Waals surface area contributed by atoms with Gasteiger partial charge >= 0.3 is 6.09 Å². The van der Waals surface area contributed by atoms with Crippen molar-refractivity contribution in [3.8, 4) is 16.9 Å². The average molecular weight is 436 g/mol. The van der Waals surface area contributed by atoms with E-state index in [1.54, 1.807) is 15.6 Å². The quantitative estimate of drug-likeness (QED) is 0.532. The standard InChI is InChI=1S/C24H29N5O3/c1-24(2,3)32-23(30)28-16-18-7-5-10-27(18)12-13-31-19-8-4-6-17(14-19)20-15-25-29-11-9-21(28)26-22(20)29/h4,6,8-9,11,14-15,18H,5,7,10,12-13,16H2,1-3H3. The molecule has 1 atom stereocenters. The lowest BCUT2D eigenvalue weighted by atomic mass is 10.1. The Bertz CT molecular complexity index is 1140. The number of rotatable bonds is 0. The molecule has 1 unspecified atom stereocenters. The minimum Gasteiger partial charge on any atom is -0.492 e. The van der Waals surface area contributed by atoms with E-state index in [1.807, 2.05) is 57.3 Å². The molecule has 4 bridgehead atoms. The van der Waals surface area contributed by atoms with Crippen LogP contribution in [0.4, 0.5) is 10.6 Å². The zero-order chi connectivity index (χ0) is 22.3. The molecule has 1 aromatic carbocycles. The number of ether oxygens (including phenoxy) is 2. The summed E-state index contributed by atoms with van der Waals surface area (Å²) in [4.78, 5) is 22.2. The lowest BCUT2D eigenvalue weighted by molar-refractivity contribution is 0.0568. The fourth-order valence-electron chi connectivity index (χ4n) is 4.43. The van der Waals surface area contributed by atoms with E-state index in [-0.39, 0.29) is 12.1 Å². The smallest absolute Gasteiger partial charge is 0.416 e. The van der Waals surface area contributed by atoms with Gasteiger partial charge in [-0.25, -0.2) is 14.3 Å². The van der Waals surface area contributed by atoms with Crippen molar-refractivity contribution in [2.75, 3.05) is 31.1 Å². The predicted molar refractivity (Wildman–Crippen MR) is 122 cm³/mol. The Morgan fingerprint density at radius 2 is 2.09 bits per heavy atom. The van der Waals surface area contributed by atoms with Crippen LogP contribution in [-0.4, -0.2) is 63.5 Å². The van der Waals surface area contributed by atoms with Crippen molar-refractivity contribution in [3.05, 3.63) is 42.7 Å². The van der Waals surface area contributed by atoms with Crippen LogP contribution < -0.4 is 9.64 Å². The molecule has 5 rings (SSSR count). The largest absolute Gasteiger partial charge is 0.492 e. The van der Waals surface area contributed by atoms with Crippen molar-refractivity contribution in [3.63, 3.8) is 0 Å². The molecule has 1 fully saturated rings. The Morgan fingerprint density at radius 3 is 2.94 bits per heavy atom. The monoisotopic (exact) mass is 435 g/mol. The number of carbonyl (C=O) groups is 1. The summed E-state index contributed by atoms with van der Waals surface area (Å²) in [6, 6.07) is 10.1. The molecule has 168 valence electrons. The Balaban J connectivity index is 1.62. The van der Waals surface area contributed by atoms with Crippen LogP contribution in [0.5, 0.6) is 5.75 Å². The number of nitrogens with zero attached hydrogens (tertiary/aromatic N) is 5. The molecule has 2 aliphatic heterocycles. The summed E-state index contributed by atoms with van der Waals surface area (Å²) in [6.45, 7) is 8.57. The van der Waals surface area contributed by atoms with E-state index < -0.39 is 5.60 Å². The molecule has 0 radical (unpaired) electrons. The van der Waals surface area contributed by atoms with E-state index in [1.165, 1.54) is 0 Å². The van der Waals surface area contributed by atoms with Gasteiger partial charge in [0.15, 0.2) is 5.65 Å². The summed E-state index contributed by atoms with van der Waals surface area (Å²) in [5, 5.41) is 4.46. The molecule has 1 saturated heterocycles. The first-order chi connectivity index (χ1) is 15.4. The van der Waals surface area contributed by atoms with E-state index in [9.17, 15) is 4.79 Å². The zero-order valence-electron chi connectivity index (χ0n) is 18.8. The third-order valence-corrected chi connectivity index (χ3v) is 5.93. The molecular weight excluding hydrogens is 406 g/mol. The fraction of sp³-hybridized carbons (Fsp3) is 0.458. The number of hydrogen-bond donors (Lipinski definition) is 0. The summed E-state index contributed by atoms with van der Waals surface area (Å²) < 4.78 is 13.6. The molecule has 2 aromatic heterocycles. The summed E-state index contributed by atoms with van der Waals surface area (Å²) in [7, 11) is 0. The highest BCUT2D eigenvalue weighted by molar-refractivity contribution is 5.88. The number of amides is 1. The molecule has 0 spiro atoms. The van der Waals surface area contributed by atoms with Gasteiger partial charge in [-0.15, -0.1) is 0 Å². The van der Waals surface area contributed by atoms with Gasteiger partial charge in [0.25, 0.3) is 0 Å². The highest BCUT2D eigenvalue weighted by Gasteiger charge is 2.32. The van der Waals surface area contributed by atoms with Gasteiger partial charge in [0.2, 0.25) is 0 Å². The first-order valence-electron chi connectivity index (χ1n) is 11.2. The lowest BCUT2D eigenvalue weighted by Crippen LogP contribution is -2.46. The highest BCUT2D eigenvalue weighted by Crippen LogP contribution is 2.29. The number of hydrogen-bond acceptors (Lipinski definition) is 6. The molecule has 0 N–H and O–H groups in total. The fourth-order valence-corrected chi connectivity index (χ4v) is 4.43. The maximum atomic E-state index is 13.2. The topological polar surface area (TPSA) is 72.2 Å². The third-order valence-electron chi connectivity index (χ3n) is 5.93. The molecule has 8 heteroatoms. The molecule has 4 heterocycles. The van der Waals surface area contributed by atoms with Crippen molar-refractivity contribution in [2.24, 2.45) is 0 Å². The molecule has 0 aliphatic carbocycles.